The van der Waals surface area contributed by atoms with E-state index in [2.05, 4.69) is 10.6 Å². The van der Waals surface area contributed by atoms with Crippen LogP contribution in [0.1, 0.15) is 23.0 Å². The van der Waals surface area contributed by atoms with Crippen LogP contribution in [0.5, 0.6) is 0 Å². The molecule has 2 amide bonds. The number of hydrogen-bond donors (Lipinski definition) is 3. The fraction of sp³-hybridized carbons (Fsp3) is 0.200. The molecule has 2 aromatic rings. The third-order valence-corrected chi connectivity index (χ3v) is 4.01. The van der Waals surface area contributed by atoms with Gasteiger partial charge in [0.05, 0.1) is 5.69 Å². The second-order valence-electron chi connectivity index (χ2n) is 4.55. The van der Waals surface area contributed by atoms with E-state index < -0.39 is 12.0 Å². The molecule has 0 aliphatic heterocycles. The molecule has 116 valence electrons. The Labute approximate surface area is 130 Å². The summed E-state index contributed by atoms with van der Waals surface area (Å²) in [5, 5.41) is 14.4. The number of anilines is 1. The Morgan fingerprint density at radius 3 is 2.55 bits per heavy atom. The molecule has 22 heavy (non-hydrogen) atoms. The van der Waals surface area contributed by atoms with E-state index in [1.165, 1.54) is 12.1 Å². The van der Waals surface area contributed by atoms with Gasteiger partial charge in [-0.15, -0.1) is 11.3 Å². The molecule has 0 atom stereocenters. The first-order chi connectivity index (χ1) is 10.5. The molecule has 1 aromatic heterocycles. The molecule has 0 aliphatic carbocycles. The van der Waals surface area contributed by atoms with Crippen LogP contribution < -0.4 is 10.6 Å². The van der Waals surface area contributed by atoms with Gasteiger partial charge in [0.2, 0.25) is 0 Å². The Bertz CT molecular complexity index is 683. The maximum atomic E-state index is 12.9. The Morgan fingerprint density at radius 1 is 1.27 bits per heavy atom. The van der Waals surface area contributed by atoms with Crippen LogP contribution >= 0.6 is 11.3 Å². The van der Waals surface area contributed by atoms with Crippen LogP contribution in [-0.4, -0.2) is 23.7 Å². The van der Waals surface area contributed by atoms with Gasteiger partial charge in [0, 0.05) is 11.4 Å². The third-order valence-electron chi connectivity index (χ3n) is 2.84. The zero-order valence-corrected chi connectivity index (χ0v) is 12.7. The molecule has 0 radical (unpaired) electrons. The highest BCUT2D eigenvalue weighted by atomic mass is 32.1. The lowest BCUT2D eigenvalue weighted by molar-refractivity contribution is 0.0703. The van der Waals surface area contributed by atoms with Crippen molar-refractivity contribution in [1.82, 2.24) is 5.32 Å². The van der Waals surface area contributed by atoms with Crippen LogP contribution in [-0.2, 0) is 0 Å². The van der Waals surface area contributed by atoms with Crippen LogP contribution in [0.3, 0.4) is 0 Å². The standard InChI is InChI=1S/C15H15FN2O3S/c1-2-7-17-15(21)18-11-8-12(22-13(11)14(19)20)9-3-5-10(16)6-4-9/h3-6,8H,2,7H2,1H3,(H,19,20)(H2,17,18,21). The number of carbonyl (C=O) groups excluding carboxylic acids is 1. The van der Waals surface area contributed by atoms with Gasteiger partial charge in [-0.1, -0.05) is 19.1 Å². The van der Waals surface area contributed by atoms with Crippen LogP contribution in [0.2, 0.25) is 0 Å². The summed E-state index contributed by atoms with van der Waals surface area (Å²) in [5.41, 5.74) is 0.918. The molecular weight excluding hydrogens is 307 g/mol. The molecule has 0 bridgehead atoms. The topological polar surface area (TPSA) is 78.4 Å². The second kappa shape index (κ2) is 7.04. The monoisotopic (exact) mass is 322 g/mol. The maximum Gasteiger partial charge on any atom is 0.348 e. The summed E-state index contributed by atoms with van der Waals surface area (Å²) < 4.78 is 12.9. The van der Waals surface area contributed by atoms with E-state index in [0.29, 0.717) is 17.0 Å². The van der Waals surface area contributed by atoms with Crippen molar-refractivity contribution >= 4 is 29.0 Å². The van der Waals surface area contributed by atoms with E-state index in [9.17, 15) is 19.1 Å². The average Bonchev–Trinajstić information content (AvgIpc) is 2.90. The number of amides is 2. The van der Waals surface area contributed by atoms with Gasteiger partial charge >= 0.3 is 12.0 Å². The summed E-state index contributed by atoms with van der Waals surface area (Å²) in [6.07, 6.45) is 0.781. The van der Waals surface area contributed by atoms with E-state index in [1.807, 2.05) is 6.92 Å². The zero-order valence-electron chi connectivity index (χ0n) is 11.9. The molecule has 0 unspecified atom stereocenters. The normalized spacial score (nSPS) is 10.3. The van der Waals surface area contributed by atoms with Crippen LogP contribution in [0.4, 0.5) is 14.9 Å². The highest BCUT2D eigenvalue weighted by Gasteiger charge is 2.18. The Balaban J connectivity index is 2.27. The number of halogens is 1. The molecule has 0 spiro atoms. The van der Waals surface area contributed by atoms with E-state index in [4.69, 9.17) is 0 Å². The molecule has 5 nitrogen and oxygen atoms in total. The summed E-state index contributed by atoms with van der Waals surface area (Å²) in [7, 11) is 0. The van der Waals surface area contributed by atoms with Gasteiger partial charge in [0.1, 0.15) is 10.7 Å². The number of carboxylic acid groups (broad SMARTS) is 1. The quantitative estimate of drug-likeness (QED) is 0.784. The fourth-order valence-electron chi connectivity index (χ4n) is 1.80. The van der Waals surface area contributed by atoms with Crippen molar-refractivity contribution in [2.24, 2.45) is 0 Å². The van der Waals surface area contributed by atoms with Crippen molar-refractivity contribution in [2.75, 3.05) is 11.9 Å². The molecule has 1 aromatic carbocycles. The summed E-state index contributed by atoms with van der Waals surface area (Å²) in [4.78, 5) is 23.6. The minimum atomic E-state index is -1.12. The lowest BCUT2D eigenvalue weighted by Gasteiger charge is -2.05. The Morgan fingerprint density at radius 2 is 1.95 bits per heavy atom. The van der Waals surface area contributed by atoms with Crippen LogP contribution in [0.15, 0.2) is 30.3 Å². The Hall–Kier alpha value is -2.41. The predicted octanol–water partition coefficient (Wildman–Crippen LogP) is 3.78. The van der Waals surface area contributed by atoms with Crippen LogP contribution in [0.25, 0.3) is 10.4 Å². The number of thiophene rings is 1. The first kappa shape index (κ1) is 16.0. The lowest BCUT2D eigenvalue weighted by atomic mass is 10.2. The van der Waals surface area contributed by atoms with Crippen molar-refractivity contribution in [3.63, 3.8) is 0 Å². The summed E-state index contributed by atoms with van der Waals surface area (Å²) in [5.74, 6) is -1.49. The van der Waals surface area contributed by atoms with E-state index >= 15 is 0 Å². The molecular formula is C15H15FN2O3S. The molecule has 0 saturated heterocycles. The number of nitrogens with one attached hydrogen (secondary N) is 2. The summed E-state index contributed by atoms with van der Waals surface area (Å²) >= 11 is 1.03. The molecule has 3 N–H and O–H groups in total. The summed E-state index contributed by atoms with van der Waals surface area (Å²) in [6, 6.07) is 6.86. The minimum absolute atomic E-state index is 0.0333. The minimum Gasteiger partial charge on any atom is -0.477 e. The number of carboxylic acids is 1. The van der Waals surface area contributed by atoms with Gasteiger partial charge < -0.3 is 15.7 Å². The number of carbonyl (C=O) groups is 2. The van der Waals surface area contributed by atoms with Gasteiger partial charge in [-0.05, 0) is 30.2 Å². The molecule has 1 heterocycles. The van der Waals surface area contributed by atoms with Crippen molar-refractivity contribution in [3.8, 4) is 10.4 Å². The predicted molar refractivity (Wildman–Crippen MR) is 84.0 cm³/mol. The summed E-state index contributed by atoms with van der Waals surface area (Å²) in [6.45, 7) is 2.42. The second-order valence-corrected chi connectivity index (χ2v) is 5.60. The van der Waals surface area contributed by atoms with Crippen LogP contribution in [0, 0.1) is 5.82 Å². The van der Waals surface area contributed by atoms with Gasteiger partial charge in [0.25, 0.3) is 0 Å². The van der Waals surface area contributed by atoms with Gasteiger partial charge in [0.15, 0.2) is 0 Å². The molecule has 7 heteroatoms. The average molecular weight is 322 g/mol. The smallest absolute Gasteiger partial charge is 0.348 e. The molecule has 0 fully saturated rings. The van der Waals surface area contributed by atoms with Crippen molar-refractivity contribution in [3.05, 3.63) is 41.0 Å². The van der Waals surface area contributed by atoms with Crippen molar-refractivity contribution in [1.29, 1.82) is 0 Å². The van der Waals surface area contributed by atoms with Crippen molar-refractivity contribution < 1.29 is 19.1 Å². The van der Waals surface area contributed by atoms with Crippen molar-refractivity contribution in [2.45, 2.75) is 13.3 Å². The van der Waals surface area contributed by atoms with E-state index in [-0.39, 0.29) is 16.4 Å². The van der Waals surface area contributed by atoms with Gasteiger partial charge in [-0.2, -0.15) is 0 Å². The highest BCUT2D eigenvalue weighted by Crippen LogP contribution is 2.34. The van der Waals surface area contributed by atoms with Gasteiger partial charge in [-0.3, -0.25) is 0 Å². The first-order valence-electron chi connectivity index (χ1n) is 6.69. The number of urea groups is 1. The molecule has 2 rings (SSSR count). The lowest BCUT2D eigenvalue weighted by Crippen LogP contribution is -2.29. The Kier molecular flexibility index (Phi) is 5.11. The SMILES string of the molecule is CCCNC(=O)Nc1cc(-c2ccc(F)cc2)sc1C(=O)O. The first-order valence-corrected chi connectivity index (χ1v) is 7.50. The third kappa shape index (κ3) is 3.82. The number of aromatic carboxylic acids is 1. The molecule has 0 aliphatic rings. The maximum absolute atomic E-state index is 12.9. The van der Waals surface area contributed by atoms with E-state index in [1.54, 1.807) is 18.2 Å². The van der Waals surface area contributed by atoms with Gasteiger partial charge in [-0.25, -0.2) is 14.0 Å². The number of rotatable bonds is 5. The van der Waals surface area contributed by atoms with E-state index in [0.717, 1.165) is 17.8 Å². The number of hydrogen-bond acceptors (Lipinski definition) is 3. The fourth-order valence-corrected chi connectivity index (χ4v) is 2.76. The largest absolute Gasteiger partial charge is 0.477 e. The highest BCUT2D eigenvalue weighted by molar-refractivity contribution is 7.18. The zero-order chi connectivity index (χ0) is 16.1. The molecule has 0 saturated carbocycles. The number of benzene rings is 1.